The summed E-state index contributed by atoms with van der Waals surface area (Å²) in [6.07, 6.45) is 0. The Morgan fingerprint density at radius 1 is 0.545 bits per heavy atom. The van der Waals surface area contributed by atoms with Gasteiger partial charge in [-0.05, 0) is 33.7 Å². The summed E-state index contributed by atoms with van der Waals surface area (Å²) < 4.78 is 2.28. The van der Waals surface area contributed by atoms with Crippen molar-refractivity contribution >= 4 is 66.2 Å². The van der Waals surface area contributed by atoms with Crippen LogP contribution in [0.25, 0.3) is 43.4 Å². The van der Waals surface area contributed by atoms with Crippen LogP contribution >= 0.6 is 22.9 Å². The molecule has 0 aliphatic heterocycles. The molecule has 0 saturated heterocycles. The van der Waals surface area contributed by atoms with Crippen molar-refractivity contribution in [2.24, 2.45) is 0 Å². The SMILES string of the molecule is In1c2ccc3ccccc3c2c2c3ccccc3ccc21. The van der Waals surface area contributed by atoms with E-state index in [9.17, 15) is 0 Å². The fraction of sp³-hybridized carbons (Fsp3) is 0. The van der Waals surface area contributed by atoms with E-state index in [2.05, 4.69) is 98.4 Å². The average Bonchev–Trinajstić information content (AvgIpc) is 2.88. The lowest BCUT2D eigenvalue weighted by molar-refractivity contribution is 1.50. The number of hydrogen-bond donors (Lipinski definition) is 0. The van der Waals surface area contributed by atoms with Gasteiger partial charge in [0.05, 0.1) is 33.9 Å². The molecule has 2 heteroatoms. The molecule has 0 spiro atoms. The fourth-order valence-corrected chi connectivity index (χ4v) is 4.31. The first kappa shape index (κ1) is 12.5. The monoisotopic (exact) mass is 393 g/mol. The van der Waals surface area contributed by atoms with Crippen molar-refractivity contribution in [1.82, 2.24) is 2.78 Å². The molecule has 5 rings (SSSR count). The Kier molecular flexibility index (Phi) is 2.53. The van der Waals surface area contributed by atoms with E-state index >= 15 is 0 Å². The van der Waals surface area contributed by atoms with Gasteiger partial charge in [0.2, 0.25) is 0 Å². The maximum absolute atomic E-state index is 2.41. The molecule has 1 nitrogen and oxygen atoms in total. The maximum atomic E-state index is 2.41. The van der Waals surface area contributed by atoms with Gasteiger partial charge in [0.25, 0.3) is 0 Å². The van der Waals surface area contributed by atoms with Crippen molar-refractivity contribution in [3.8, 4) is 0 Å². The van der Waals surface area contributed by atoms with E-state index in [0.717, 1.165) is 0 Å². The van der Waals surface area contributed by atoms with Crippen molar-refractivity contribution in [3.63, 3.8) is 0 Å². The van der Waals surface area contributed by atoms with Gasteiger partial charge in [0.15, 0.2) is 0 Å². The van der Waals surface area contributed by atoms with Crippen LogP contribution in [0.2, 0.25) is 0 Å². The number of nitrogens with zero attached hydrogens (tertiary/aromatic N) is 1. The molecule has 0 saturated carbocycles. The maximum Gasteiger partial charge on any atom is 0.0646 e. The Balaban J connectivity index is 2.21. The van der Waals surface area contributed by atoms with Crippen LogP contribution in [0.5, 0.6) is 0 Å². The Morgan fingerprint density at radius 3 is 1.50 bits per heavy atom. The summed E-state index contributed by atoms with van der Waals surface area (Å²) in [5, 5.41) is 7.98. The predicted molar refractivity (Wildman–Crippen MR) is 104 cm³/mol. The summed E-state index contributed by atoms with van der Waals surface area (Å²) in [4.78, 5) is 0. The molecule has 22 heavy (non-hydrogen) atoms. The van der Waals surface area contributed by atoms with E-state index in [1.165, 1.54) is 43.4 Å². The van der Waals surface area contributed by atoms with Gasteiger partial charge in [0, 0.05) is 10.8 Å². The fourth-order valence-electron chi connectivity index (χ4n) is 3.50. The first-order chi connectivity index (χ1) is 10.8. The Hall–Kier alpha value is -2.07. The molecule has 5 aromatic rings. The summed E-state index contributed by atoms with van der Waals surface area (Å²) in [5.41, 5.74) is 2.57. The zero-order valence-corrected chi connectivity index (χ0v) is 13.9. The van der Waals surface area contributed by atoms with Crippen LogP contribution in [-0.2, 0) is 0 Å². The first-order valence-corrected chi connectivity index (χ1v) is 8.31. The lowest BCUT2D eigenvalue weighted by atomic mass is 10.00. The molecule has 1 aromatic heterocycles. The van der Waals surface area contributed by atoms with Gasteiger partial charge < -0.3 is 0 Å². The first-order valence-electron chi connectivity index (χ1n) is 7.34. The van der Waals surface area contributed by atoms with Crippen LogP contribution in [0.3, 0.4) is 0 Å². The van der Waals surface area contributed by atoms with E-state index in [-0.39, 0.29) is 0 Å². The van der Waals surface area contributed by atoms with Crippen LogP contribution in [0, 0.1) is 0 Å². The quantitative estimate of drug-likeness (QED) is 0.272. The molecule has 0 N–H and O–H groups in total. The Labute approximate surface area is 141 Å². The number of hydrogen-bond acceptors (Lipinski definition) is 0. The minimum Gasteiger partial charge on any atom is -0.282 e. The molecule has 0 fully saturated rings. The number of benzene rings is 4. The highest BCUT2D eigenvalue weighted by molar-refractivity contribution is 14.1. The molecular weight excluding hydrogens is 381 g/mol. The molecule has 0 unspecified atom stereocenters. The molecule has 4 aromatic carbocycles. The van der Waals surface area contributed by atoms with Gasteiger partial charge in [-0.15, -0.1) is 0 Å². The number of halogens is 1. The van der Waals surface area contributed by atoms with Gasteiger partial charge in [-0.2, -0.15) is 0 Å². The zero-order chi connectivity index (χ0) is 14.7. The summed E-state index contributed by atoms with van der Waals surface area (Å²) in [6, 6.07) is 26.2. The van der Waals surface area contributed by atoms with Gasteiger partial charge in [-0.25, -0.2) is 0 Å². The van der Waals surface area contributed by atoms with E-state index in [0.29, 0.717) is 0 Å². The summed E-state index contributed by atoms with van der Waals surface area (Å²) >= 11 is 2.41. The highest BCUT2D eigenvalue weighted by Gasteiger charge is 2.14. The van der Waals surface area contributed by atoms with Crippen molar-refractivity contribution in [3.05, 3.63) is 72.8 Å². The predicted octanol–water partition coefficient (Wildman–Crippen LogP) is 6.30. The van der Waals surface area contributed by atoms with Crippen LogP contribution in [0.4, 0.5) is 0 Å². The average molecular weight is 393 g/mol. The van der Waals surface area contributed by atoms with Crippen LogP contribution < -0.4 is 0 Å². The van der Waals surface area contributed by atoms with Crippen molar-refractivity contribution in [1.29, 1.82) is 0 Å². The van der Waals surface area contributed by atoms with Gasteiger partial charge >= 0.3 is 0 Å². The van der Waals surface area contributed by atoms with Crippen LogP contribution in [-0.4, -0.2) is 2.78 Å². The second kappa shape index (κ2) is 4.46. The largest absolute Gasteiger partial charge is 0.282 e. The molecule has 0 aliphatic rings. The molecule has 0 bridgehead atoms. The van der Waals surface area contributed by atoms with E-state index in [1.54, 1.807) is 0 Å². The summed E-state index contributed by atoms with van der Waals surface area (Å²) in [6.45, 7) is 0. The zero-order valence-electron chi connectivity index (χ0n) is 11.8. The van der Waals surface area contributed by atoms with E-state index in [4.69, 9.17) is 0 Å². The topological polar surface area (TPSA) is 4.93 Å². The standard InChI is InChI=1S/C20H12IN/c21-22-17-11-9-13-5-1-3-7-15(13)19(17)20-16-8-4-2-6-14(16)10-12-18(20)22/h1-12H. The van der Waals surface area contributed by atoms with E-state index in [1.807, 2.05) is 0 Å². The van der Waals surface area contributed by atoms with Crippen molar-refractivity contribution < 1.29 is 0 Å². The third-order valence-corrected chi connectivity index (χ3v) is 5.53. The van der Waals surface area contributed by atoms with Crippen molar-refractivity contribution in [2.45, 2.75) is 0 Å². The molecule has 1 heterocycles. The Morgan fingerprint density at radius 2 is 1.00 bits per heavy atom. The molecular formula is C20H12IN. The van der Waals surface area contributed by atoms with Crippen LogP contribution in [0.1, 0.15) is 0 Å². The number of rotatable bonds is 0. The number of fused-ring (bicyclic) bond motifs is 7. The molecule has 0 radical (unpaired) electrons. The minimum atomic E-state index is 1.28. The Bertz CT molecular complexity index is 1090. The molecule has 0 amide bonds. The highest BCUT2D eigenvalue weighted by Crippen LogP contribution is 2.39. The summed E-state index contributed by atoms with van der Waals surface area (Å²) in [5.74, 6) is 0. The van der Waals surface area contributed by atoms with E-state index < -0.39 is 0 Å². The smallest absolute Gasteiger partial charge is 0.0646 e. The third kappa shape index (κ3) is 1.53. The second-order valence-electron chi connectivity index (χ2n) is 5.64. The van der Waals surface area contributed by atoms with Crippen molar-refractivity contribution in [2.75, 3.05) is 0 Å². The van der Waals surface area contributed by atoms with Crippen LogP contribution in [0.15, 0.2) is 72.8 Å². The molecule has 104 valence electrons. The van der Waals surface area contributed by atoms with Gasteiger partial charge in [-0.3, -0.25) is 2.78 Å². The third-order valence-electron chi connectivity index (χ3n) is 4.49. The number of aromatic nitrogens is 1. The molecule has 0 aliphatic carbocycles. The lowest BCUT2D eigenvalue weighted by Crippen LogP contribution is -1.78. The summed E-state index contributed by atoms with van der Waals surface area (Å²) in [7, 11) is 0. The van der Waals surface area contributed by atoms with Gasteiger partial charge in [0.1, 0.15) is 0 Å². The van der Waals surface area contributed by atoms with Gasteiger partial charge in [-0.1, -0.05) is 60.7 Å². The lowest BCUT2D eigenvalue weighted by Gasteiger charge is -2.02. The normalized spacial score (nSPS) is 11.9. The highest BCUT2D eigenvalue weighted by atomic mass is 127. The second-order valence-corrected chi connectivity index (χ2v) is 6.61. The minimum absolute atomic E-state index is 1.28. The molecule has 0 atom stereocenters.